The van der Waals surface area contributed by atoms with E-state index < -0.39 is 0 Å². The van der Waals surface area contributed by atoms with Gasteiger partial charge in [-0.15, -0.1) is 0 Å². The molecule has 2 aromatic rings. The van der Waals surface area contributed by atoms with Gasteiger partial charge in [0, 0.05) is 23.6 Å². The Bertz CT molecular complexity index is 1040. The standard InChI is InChI=1S/C23H23NO5/c1-3-28-23(26)17-6-4-5-14-11-15(7-8-16(14)17)29-21-9-10-24-19-13-20(25)22(27-2)12-18(19)21/h4-5,7,9-13,16-17,25H,3,6,8H2,1-2H3. The molecule has 29 heavy (non-hydrogen) atoms. The number of rotatable bonds is 5. The molecule has 150 valence electrons. The number of aromatic nitrogens is 1. The molecule has 6 nitrogen and oxygen atoms in total. The Balaban J connectivity index is 1.61. The molecule has 0 saturated carbocycles. The van der Waals surface area contributed by atoms with E-state index in [1.807, 2.05) is 25.2 Å². The van der Waals surface area contributed by atoms with Gasteiger partial charge in [-0.3, -0.25) is 9.78 Å². The molecule has 0 fully saturated rings. The maximum atomic E-state index is 12.3. The summed E-state index contributed by atoms with van der Waals surface area (Å²) in [7, 11) is 1.50. The molecule has 1 heterocycles. The van der Waals surface area contributed by atoms with Crippen molar-refractivity contribution in [1.82, 2.24) is 4.98 Å². The average Bonchev–Trinajstić information content (AvgIpc) is 2.73. The number of carbonyl (C=O) groups excluding carboxylic acids is 1. The van der Waals surface area contributed by atoms with Crippen molar-refractivity contribution in [1.29, 1.82) is 0 Å². The zero-order valence-electron chi connectivity index (χ0n) is 16.4. The molecule has 4 rings (SSSR count). The highest BCUT2D eigenvalue weighted by atomic mass is 16.5. The minimum Gasteiger partial charge on any atom is -0.504 e. The van der Waals surface area contributed by atoms with E-state index in [0.717, 1.165) is 11.0 Å². The molecule has 6 heteroatoms. The van der Waals surface area contributed by atoms with Gasteiger partial charge in [0.1, 0.15) is 11.5 Å². The fourth-order valence-corrected chi connectivity index (χ4v) is 3.89. The van der Waals surface area contributed by atoms with Crippen LogP contribution in [0.2, 0.25) is 0 Å². The second kappa shape index (κ2) is 7.99. The zero-order chi connectivity index (χ0) is 20.4. The number of methoxy groups -OCH3 is 1. The SMILES string of the molecule is CCOC(=O)C1CC=CC2=CC(Oc3ccnc4cc(O)c(OC)cc34)=CCC21. The number of ether oxygens (including phenoxy) is 3. The van der Waals surface area contributed by atoms with Gasteiger partial charge in [-0.25, -0.2) is 0 Å². The monoisotopic (exact) mass is 393 g/mol. The van der Waals surface area contributed by atoms with E-state index >= 15 is 0 Å². The number of carbonyl (C=O) groups is 1. The number of phenolic OH excluding ortho intramolecular Hbond substituents is 1. The molecule has 1 aromatic carbocycles. The Morgan fingerprint density at radius 3 is 2.93 bits per heavy atom. The Labute approximate surface area is 169 Å². The number of phenols is 1. The van der Waals surface area contributed by atoms with Gasteiger partial charge < -0.3 is 19.3 Å². The number of aromatic hydroxyl groups is 1. The molecule has 0 bridgehead atoms. The molecule has 2 aliphatic carbocycles. The van der Waals surface area contributed by atoms with Crippen LogP contribution in [0.3, 0.4) is 0 Å². The second-order valence-electron chi connectivity index (χ2n) is 7.04. The van der Waals surface area contributed by atoms with Gasteiger partial charge in [-0.2, -0.15) is 0 Å². The van der Waals surface area contributed by atoms with Crippen molar-refractivity contribution in [2.75, 3.05) is 13.7 Å². The maximum Gasteiger partial charge on any atom is 0.309 e. The number of pyridine rings is 1. The molecule has 1 aromatic heterocycles. The molecule has 0 saturated heterocycles. The first kappa shape index (κ1) is 19.1. The van der Waals surface area contributed by atoms with Crippen LogP contribution in [0.4, 0.5) is 0 Å². The third kappa shape index (κ3) is 3.70. The van der Waals surface area contributed by atoms with Crippen molar-refractivity contribution >= 4 is 16.9 Å². The second-order valence-corrected chi connectivity index (χ2v) is 7.04. The summed E-state index contributed by atoms with van der Waals surface area (Å²) in [5.41, 5.74) is 1.68. The van der Waals surface area contributed by atoms with Crippen LogP contribution in [0.1, 0.15) is 19.8 Å². The topological polar surface area (TPSA) is 77.9 Å². The van der Waals surface area contributed by atoms with E-state index in [1.165, 1.54) is 7.11 Å². The van der Waals surface area contributed by atoms with Crippen LogP contribution in [0.5, 0.6) is 17.2 Å². The molecular weight excluding hydrogens is 370 g/mol. The van der Waals surface area contributed by atoms with Crippen LogP contribution < -0.4 is 9.47 Å². The summed E-state index contributed by atoms with van der Waals surface area (Å²) < 4.78 is 16.6. The van der Waals surface area contributed by atoms with Crippen molar-refractivity contribution in [2.45, 2.75) is 19.8 Å². The lowest BCUT2D eigenvalue weighted by molar-refractivity contribution is -0.149. The highest BCUT2D eigenvalue weighted by Gasteiger charge is 2.34. The van der Waals surface area contributed by atoms with E-state index in [-0.39, 0.29) is 23.6 Å². The molecule has 0 amide bonds. The Morgan fingerprint density at radius 1 is 1.28 bits per heavy atom. The van der Waals surface area contributed by atoms with Gasteiger partial charge in [-0.05, 0) is 49.6 Å². The predicted octanol–water partition coefficient (Wildman–Crippen LogP) is 4.30. The highest BCUT2D eigenvalue weighted by Crippen LogP contribution is 2.39. The first-order valence-electron chi connectivity index (χ1n) is 9.69. The average molecular weight is 393 g/mol. The molecule has 0 aliphatic heterocycles. The smallest absolute Gasteiger partial charge is 0.309 e. The van der Waals surface area contributed by atoms with Crippen LogP contribution in [-0.2, 0) is 9.53 Å². The van der Waals surface area contributed by atoms with E-state index in [4.69, 9.17) is 14.2 Å². The molecule has 1 N–H and O–H groups in total. The first-order valence-corrected chi connectivity index (χ1v) is 9.69. The van der Waals surface area contributed by atoms with Crippen molar-refractivity contribution in [3.05, 3.63) is 60.0 Å². The lowest BCUT2D eigenvalue weighted by Crippen LogP contribution is -2.29. The summed E-state index contributed by atoms with van der Waals surface area (Å²) in [5, 5.41) is 10.7. The van der Waals surface area contributed by atoms with Crippen molar-refractivity contribution < 1.29 is 24.1 Å². The minimum atomic E-state index is -0.155. The number of fused-ring (bicyclic) bond motifs is 2. The highest BCUT2D eigenvalue weighted by molar-refractivity contribution is 5.88. The van der Waals surface area contributed by atoms with Gasteiger partial charge in [0.25, 0.3) is 0 Å². The third-order valence-corrected chi connectivity index (χ3v) is 5.32. The Hall–Kier alpha value is -3.28. The van der Waals surface area contributed by atoms with Crippen LogP contribution in [-0.4, -0.2) is 29.8 Å². The summed E-state index contributed by atoms with van der Waals surface area (Å²) in [5.74, 6) is 1.54. The fraction of sp³-hybridized carbons (Fsp3) is 0.304. The maximum absolute atomic E-state index is 12.3. The predicted molar refractivity (Wildman–Crippen MR) is 109 cm³/mol. The van der Waals surface area contributed by atoms with Crippen molar-refractivity contribution in [3.63, 3.8) is 0 Å². The molecule has 2 aliphatic rings. The number of nitrogens with zero attached hydrogens (tertiary/aromatic N) is 1. The third-order valence-electron chi connectivity index (χ3n) is 5.32. The van der Waals surface area contributed by atoms with E-state index in [1.54, 1.807) is 24.4 Å². The molecule has 2 unspecified atom stereocenters. The lowest BCUT2D eigenvalue weighted by atomic mass is 9.75. The van der Waals surface area contributed by atoms with E-state index in [0.29, 0.717) is 42.2 Å². The van der Waals surface area contributed by atoms with Crippen molar-refractivity contribution in [3.8, 4) is 17.2 Å². The minimum absolute atomic E-state index is 0.0313. The van der Waals surface area contributed by atoms with Crippen LogP contribution in [0.25, 0.3) is 10.9 Å². The van der Waals surface area contributed by atoms with Crippen molar-refractivity contribution in [2.24, 2.45) is 11.8 Å². The lowest BCUT2D eigenvalue weighted by Gasteiger charge is -2.30. The number of esters is 1. The summed E-state index contributed by atoms with van der Waals surface area (Å²) in [6, 6.07) is 5.05. The molecule has 0 radical (unpaired) electrons. The Morgan fingerprint density at radius 2 is 2.14 bits per heavy atom. The van der Waals surface area contributed by atoms with Crippen LogP contribution in [0.15, 0.2) is 60.0 Å². The molecule has 2 atom stereocenters. The summed E-state index contributed by atoms with van der Waals surface area (Å²) in [6.07, 6.45) is 11.1. The van der Waals surface area contributed by atoms with Gasteiger partial charge in [0.2, 0.25) is 0 Å². The first-order chi connectivity index (χ1) is 14.1. The van der Waals surface area contributed by atoms with Gasteiger partial charge in [0.15, 0.2) is 11.5 Å². The summed E-state index contributed by atoms with van der Waals surface area (Å²) >= 11 is 0. The van der Waals surface area contributed by atoms with Crippen LogP contribution >= 0.6 is 0 Å². The largest absolute Gasteiger partial charge is 0.504 e. The number of hydrogen-bond donors (Lipinski definition) is 1. The summed E-state index contributed by atoms with van der Waals surface area (Å²) in [4.78, 5) is 16.6. The normalized spacial score (nSPS) is 20.5. The molecular formula is C23H23NO5. The van der Waals surface area contributed by atoms with Gasteiger partial charge in [0.05, 0.1) is 25.2 Å². The van der Waals surface area contributed by atoms with E-state index in [9.17, 15) is 9.90 Å². The van der Waals surface area contributed by atoms with Gasteiger partial charge in [-0.1, -0.05) is 12.2 Å². The van der Waals surface area contributed by atoms with Crippen LogP contribution in [0, 0.1) is 11.8 Å². The molecule has 0 spiro atoms. The Kier molecular flexibility index (Phi) is 5.25. The van der Waals surface area contributed by atoms with Gasteiger partial charge >= 0.3 is 5.97 Å². The number of hydrogen-bond acceptors (Lipinski definition) is 6. The fourth-order valence-electron chi connectivity index (χ4n) is 3.89. The van der Waals surface area contributed by atoms with E-state index in [2.05, 4.69) is 11.1 Å². The quantitative estimate of drug-likeness (QED) is 0.764. The summed E-state index contributed by atoms with van der Waals surface area (Å²) in [6.45, 7) is 2.22. The number of allylic oxidation sites excluding steroid dienone is 5. The number of benzene rings is 1. The zero-order valence-corrected chi connectivity index (χ0v) is 16.4.